The largest absolute Gasteiger partial charge is 0.488 e. The molecule has 0 unspecified atom stereocenters. The van der Waals surface area contributed by atoms with Gasteiger partial charge in [0.2, 0.25) is 0 Å². The number of hydrogen-bond acceptors (Lipinski definition) is 3. The first kappa shape index (κ1) is 13.5. The number of hydrogen-bond donors (Lipinski definition) is 1. The topological polar surface area (TPSA) is 35.2 Å². The smallest absolute Gasteiger partial charge is 0.137 e. The second-order valence-electron chi connectivity index (χ2n) is 3.53. The van der Waals surface area contributed by atoms with E-state index in [4.69, 9.17) is 22.7 Å². The van der Waals surface area contributed by atoms with Crippen LogP contribution in [0.1, 0.15) is 10.4 Å². The molecule has 2 nitrogen and oxygen atoms in total. The van der Waals surface area contributed by atoms with E-state index < -0.39 is 5.82 Å². The minimum Gasteiger partial charge on any atom is -0.488 e. The molecule has 1 aromatic carbocycles. The number of thiophene rings is 1. The summed E-state index contributed by atoms with van der Waals surface area (Å²) < 4.78 is 20.1. The van der Waals surface area contributed by atoms with Gasteiger partial charge >= 0.3 is 0 Å². The maximum Gasteiger partial charge on any atom is 0.137 e. The Hall–Kier alpha value is -0.980. The molecule has 2 N–H and O–H groups in total. The number of benzene rings is 1. The lowest BCUT2D eigenvalue weighted by Crippen LogP contribution is -2.11. The van der Waals surface area contributed by atoms with Crippen LogP contribution < -0.4 is 10.5 Å². The lowest BCUT2D eigenvalue weighted by Gasteiger charge is -2.06. The number of rotatable bonds is 4. The molecule has 0 atom stereocenters. The van der Waals surface area contributed by atoms with Crippen molar-refractivity contribution >= 4 is 44.5 Å². The maximum atomic E-state index is 13.6. The van der Waals surface area contributed by atoms with Gasteiger partial charge in [-0.25, -0.2) is 4.39 Å². The van der Waals surface area contributed by atoms with Crippen molar-refractivity contribution in [1.29, 1.82) is 0 Å². The molecule has 18 heavy (non-hydrogen) atoms. The molecule has 2 rings (SSSR count). The van der Waals surface area contributed by atoms with Crippen LogP contribution in [0.5, 0.6) is 5.75 Å². The van der Waals surface area contributed by atoms with Crippen molar-refractivity contribution in [2.24, 2.45) is 5.73 Å². The third-order valence-electron chi connectivity index (χ3n) is 2.21. The highest BCUT2D eigenvalue weighted by Crippen LogP contribution is 2.22. The highest BCUT2D eigenvalue weighted by Gasteiger charge is 2.07. The van der Waals surface area contributed by atoms with Crippen molar-refractivity contribution in [3.63, 3.8) is 0 Å². The number of nitrogens with two attached hydrogens (primary N) is 1. The molecule has 94 valence electrons. The predicted octanol–water partition coefficient (Wildman–Crippen LogP) is 3.86. The average Bonchev–Trinajstić information content (AvgIpc) is 2.72. The normalized spacial score (nSPS) is 10.3. The molecule has 0 aliphatic rings. The molecule has 6 heteroatoms. The summed E-state index contributed by atoms with van der Waals surface area (Å²) in [7, 11) is 0. The van der Waals surface area contributed by atoms with E-state index in [0.717, 1.165) is 9.35 Å². The summed E-state index contributed by atoms with van der Waals surface area (Å²) in [5.74, 6) is -0.00983. The Labute approximate surface area is 122 Å². The summed E-state index contributed by atoms with van der Waals surface area (Å²) in [4.78, 5) is 1.10. The van der Waals surface area contributed by atoms with Gasteiger partial charge in [0, 0.05) is 26.4 Å². The molecule has 0 radical (unpaired) electrons. The monoisotopic (exact) mass is 345 g/mol. The molecular weight excluding hydrogens is 337 g/mol. The van der Waals surface area contributed by atoms with Crippen LogP contribution in [0.15, 0.2) is 34.1 Å². The lowest BCUT2D eigenvalue weighted by molar-refractivity contribution is 0.308. The molecular formula is C12H9BrFNOS2. The molecule has 1 aromatic heterocycles. The molecule has 2 aromatic rings. The Balaban J connectivity index is 2.06. The van der Waals surface area contributed by atoms with E-state index in [2.05, 4.69) is 15.9 Å². The van der Waals surface area contributed by atoms with Gasteiger partial charge in [-0.05, 0) is 34.1 Å². The van der Waals surface area contributed by atoms with Gasteiger partial charge in [0.15, 0.2) is 0 Å². The highest BCUT2D eigenvalue weighted by atomic mass is 79.9. The van der Waals surface area contributed by atoms with Crippen molar-refractivity contribution in [2.45, 2.75) is 6.61 Å². The van der Waals surface area contributed by atoms with Crippen LogP contribution in [0.25, 0.3) is 0 Å². The van der Waals surface area contributed by atoms with Crippen molar-refractivity contribution < 1.29 is 9.13 Å². The number of ether oxygens (including phenoxy) is 1. The third-order valence-corrected chi connectivity index (χ3v) is 4.10. The maximum absolute atomic E-state index is 13.6. The molecule has 0 spiro atoms. The molecule has 0 saturated carbocycles. The van der Waals surface area contributed by atoms with E-state index in [9.17, 15) is 4.39 Å². The molecule has 0 aliphatic heterocycles. The fraction of sp³-hybridized carbons (Fsp3) is 0.0833. The van der Waals surface area contributed by atoms with Crippen molar-refractivity contribution in [3.05, 3.63) is 50.4 Å². The van der Waals surface area contributed by atoms with Gasteiger partial charge < -0.3 is 10.5 Å². The molecule has 1 heterocycles. The summed E-state index contributed by atoms with van der Waals surface area (Å²) in [6.07, 6.45) is 0. The zero-order chi connectivity index (χ0) is 13.1. The summed E-state index contributed by atoms with van der Waals surface area (Å²) in [6, 6.07) is 6.43. The van der Waals surface area contributed by atoms with E-state index >= 15 is 0 Å². The first-order chi connectivity index (χ1) is 8.56. The van der Waals surface area contributed by atoms with Crippen LogP contribution >= 0.6 is 39.5 Å². The minimum absolute atomic E-state index is 0.0428. The van der Waals surface area contributed by atoms with Gasteiger partial charge in [0.25, 0.3) is 0 Å². The van der Waals surface area contributed by atoms with Crippen molar-refractivity contribution in [1.82, 2.24) is 0 Å². The predicted molar refractivity (Wildman–Crippen MR) is 78.6 cm³/mol. The Morgan fingerprint density at radius 2 is 2.22 bits per heavy atom. The van der Waals surface area contributed by atoms with Gasteiger partial charge in [0.05, 0.1) is 0 Å². The first-order valence-corrected chi connectivity index (χ1v) is 7.09. The third kappa shape index (κ3) is 3.28. The van der Waals surface area contributed by atoms with Gasteiger partial charge in [-0.15, -0.1) is 11.3 Å². The lowest BCUT2D eigenvalue weighted by atomic mass is 10.2. The molecule has 0 fully saturated rings. The van der Waals surface area contributed by atoms with Gasteiger partial charge in [-0.3, -0.25) is 0 Å². The molecule has 0 amide bonds. The fourth-order valence-electron chi connectivity index (χ4n) is 1.37. The molecule has 0 bridgehead atoms. The van der Waals surface area contributed by atoms with Gasteiger partial charge in [0.1, 0.15) is 23.2 Å². The van der Waals surface area contributed by atoms with E-state index in [1.807, 2.05) is 11.4 Å². The summed E-state index contributed by atoms with van der Waals surface area (Å²) in [6.45, 7) is 0.405. The Kier molecular flexibility index (Phi) is 4.31. The Morgan fingerprint density at radius 3 is 2.78 bits per heavy atom. The van der Waals surface area contributed by atoms with E-state index in [0.29, 0.717) is 12.4 Å². The average molecular weight is 346 g/mol. The van der Waals surface area contributed by atoms with Crippen LogP contribution in [-0.4, -0.2) is 4.99 Å². The van der Waals surface area contributed by atoms with Crippen LogP contribution in [0.4, 0.5) is 4.39 Å². The van der Waals surface area contributed by atoms with Crippen molar-refractivity contribution in [2.75, 3.05) is 0 Å². The van der Waals surface area contributed by atoms with E-state index in [-0.39, 0.29) is 10.6 Å². The van der Waals surface area contributed by atoms with E-state index in [1.54, 1.807) is 17.4 Å². The fourth-order valence-corrected chi connectivity index (χ4v) is 2.90. The van der Waals surface area contributed by atoms with Crippen LogP contribution in [-0.2, 0) is 6.61 Å². The van der Waals surface area contributed by atoms with Gasteiger partial charge in [-0.2, -0.15) is 0 Å². The van der Waals surface area contributed by atoms with Gasteiger partial charge in [-0.1, -0.05) is 12.2 Å². The van der Waals surface area contributed by atoms with E-state index in [1.165, 1.54) is 12.1 Å². The highest BCUT2D eigenvalue weighted by molar-refractivity contribution is 9.10. The van der Waals surface area contributed by atoms with Crippen LogP contribution in [0.2, 0.25) is 0 Å². The summed E-state index contributed by atoms with van der Waals surface area (Å²) >= 11 is 9.67. The van der Waals surface area contributed by atoms with Crippen LogP contribution in [0.3, 0.4) is 0 Å². The summed E-state index contributed by atoms with van der Waals surface area (Å²) in [5, 5.41) is 1.97. The minimum atomic E-state index is -0.465. The number of halogens is 2. The Morgan fingerprint density at radius 1 is 1.44 bits per heavy atom. The quantitative estimate of drug-likeness (QED) is 0.854. The standard InChI is InChI=1S/C12H9BrFNOS2/c13-7-3-9(18-6-7)5-16-8-1-2-10(12(15)17)11(14)4-8/h1-4,6H,5H2,(H2,15,17). The zero-order valence-electron chi connectivity index (χ0n) is 9.15. The SMILES string of the molecule is NC(=S)c1ccc(OCc2cc(Br)cs2)cc1F. The Bertz CT molecular complexity index is 585. The number of thiocarbonyl (C=S) groups is 1. The first-order valence-electron chi connectivity index (χ1n) is 5.01. The second-order valence-corrected chi connectivity index (χ2v) is 5.88. The molecule has 0 aliphatic carbocycles. The summed E-state index contributed by atoms with van der Waals surface area (Å²) in [5.41, 5.74) is 5.61. The van der Waals surface area contributed by atoms with Crippen molar-refractivity contribution in [3.8, 4) is 5.75 Å². The second kappa shape index (κ2) is 5.77. The molecule has 0 saturated heterocycles. The zero-order valence-corrected chi connectivity index (χ0v) is 12.4. The van der Waals surface area contributed by atoms with Crippen LogP contribution in [0, 0.1) is 5.82 Å².